The van der Waals surface area contributed by atoms with Crippen LogP contribution in [0.5, 0.6) is 0 Å². The van der Waals surface area contributed by atoms with Crippen molar-refractivity contribution in [3.63, 3.8) is 0 Å². The largest absolute Gasteiger partial charge is 0.477 e. The van der Waals surface area contributed by atoms with Gasteiger partial charge in [0.2, 0.25) is 0 Å². The molecule has 4 rings (SSSR count). The van der Waals surface area contributed by atoms with Crippen LogP contribution in [0.2, 0.25) is 4.34 Å². The molecule has 15 heteroatoms. The summed E-state index contributed by atoms with van der Waals surface area (Å²) in [6.45, 7) is 0.399. The van der Waals surface area contributed by atoms with E-state index < -0.39 is 29.9 Å². The zero-order valence-electron chi connectivity index (χ0n) is 18.9. The first-order valence-electron chi connectivity index (χ1n) is 10.7. The van der Waals surface area contributed by atoms with E-state index in [-0.39, 0.29) is 26.6 Å². The third-order valence-corrected chi connectivity index (χ3v) is 7.89. The Morgan fingerprint density at radius 1 is 1.47 bits per heavy atom. The van der Waals surface area contributed by atoms with Gasteiger partial charge in [-0.3, -0.25) is 19.5 Å². The highest BCUT2D eigenvalue weighted by atomic mass is 35.5. The number of thiazole rings is 1. The smallest absolute Gasteiger partial charge is 0.353 e. The number of nitrogens with zero attached hydrogens (tertiary/aromatic N) is 4. The molecular formula is C21H22ClN7O5S2. The van der Waals surface area contributed by atoms with E-state index in [1.54, 1.807) is 12.3 Å². The number of carbonyl (C=O) groups is 3. The molecule has 2 amide bonds. The molecule has 0 bridgehead atoms. The number of carbonyl (C=O) groups excluding carboxylic acids is 2. The summed E-state index contributed by atoms with van der Waals surface area (Å²) in [7, 11) is 1.25. The third-order valence-electron chi connectivity index (χ3n) is 5.57. The molecule has 1 fully saturated rings. The lowest BCUT2D eigenvalue weighted by molar-refractivity contribution is -0.155. The molecule has 0 aromatic carbocycles. The Kier molecular flexibility index (Phi) is 7.78. The molecule has 1 saturated heterocycles. The number of aliphatic carboxylic acids is 1. The van der Waals surface area contributed by atoms with Crippen molar-refractivity contribution in [3.05, 3.63) is 44.7 Å². The second-order valence-electron chi connectivity index (χ2n) is 7.73. The number of fused-ring (bicyclic) bond motifs is 1. The molecule has 0 aliphatic carbocycles. The number of pyridine rings is 1. The van der Waals surface area contributed by atoms with Gasteiger partial charge in [0.1, 0.15) is 28.9 Å². The van der Waals surface area contributed by atoms with Crippen LogP contribution in [0.1, 0.15) is 24.2 Å². The lowest BCUT2D eigenvalue weighted by Gasteiger charge is -2.50. The minimum Gasteiger partial charge on any atom is -0.477 e. The highest BCUT2D eigenvalue weighted by Gasteiger charge is 2.54. The summed E-state index contributed by atoms with van der Waals surface area (Å²) in [5.41, 5.74) is 11.8. The number of oxime groups is 1. The van der Waals surface area contributed by atoms with Crippen molar-refractivity contribution in [3.8, 4) is 0 Å². The Labute approximate surface area is 218 Å². The number of amides is 2. The SMILES string of the molecule is CON=C(C(=O)NC1C(=O)N2C(C(=O)O)=C(Sc3cccnc3CCN)CCC12)c1nc(N)sc1Cl. The molecule has 190 valence electrons. The Balaban J connectivity index is 1.56. The number of halogens is 1. The summed E-state index contributed by atoms with van der Waals surface area (Å²) in [5.74, 6) is -2.52. The summed E-state index contributed by atoms with van der Waals surface area (Å²) in [5, 5.41) is 16.4. The Morgan fingerprint density at radius 2 is 2.25 bits per heavy atom. The molecule has 2 aliphatic rings. The zero-order chi connectivity index (χ0) is 26.0. The number of carboxylic acid groups (broad SMARTS) is 1. The van der Waals surface area contributed by atoms with Gasteiger partial charge in [0.25, 0.3) is 11.8 Å². The summed E-state index contributed by atoms with van der Waals surface area (Å²) in [6, 6.07) is 2.13. The van der Waals surface area contributed by atoms with E-state index in [1.165, 1.54) is 23.8 Å². The fourth-order valence-electron chi connectivity index (χ4n) is 4.06. The van der Waals surface area contributed by atoms with E-state index >= 15 is 0 Å². The van der Waals surface area contributed by atoms with Gasteiger partial charge in [-0.25, -0.2) is 9.78 Å². The van der Waals surface area contributed by atoms with Gasteiger partial charge in [0, 0.05) is 22.4 Å². The topological polar surface area (TPSA) is 186 Å². The molecule has 2 atom stereocenters. The average molecular weight is 552 g/mol. The highest BCUT2D eigenvalue weighted by molar-refractivity contribution is 8.03. The van der Waals surface area contributed by atoms with E-state index in [0.29, 0.717) is 30.7 Å². The molecule has 0 spiro atoms. The number of nitrogens with two attached hydrogens (primary N) is 2. The van der Waals surface area contributed by atoms with Crippen LogP contribution in [0.3, 0.4) is 0 Å². The molecule has 6 N–H and O–H groups in total. The first-order chi connectivity index (χ1) is 17.3. The molecule has 4 heterocycles. The van der Waals surface area contributed by atoms with Gasteiger partial charge in [-0.2, -0.15) is 0 Å². The second-order valence-corrected chi connectivity index (χ2v) is 10.5. The van der Waals surface area contributed by atoms with Gasteiger partial charge in [0.05, 0.1) is 11.7 Å². The number of rotatable bonds is 9. The maximum Gasteiger partial charge on any atom is 0.353 e. The molecule has 36 heavy (non-hydrogen) atoms. The Bertz CT molecular complexity index is 1280. The van der Waals surface area contributed by atoms with Crippen LogP contribution >= 0.6 is 34.7 Å². The van der Waals surface area contributed by atoms with Gasteiger partial charge in [-0.1, -0.05) is 39.9 Å². The molecule has 12 nitrogen and oxygen atoms in total. The molecule has 2 aliphatic heterocycles. The predicted octanol–water partition coefficient (Wildman–Crippen LogP) is 1.20. The number of hydrogen-bond acceptors (Lipinski definition) is 11. The normalized spacial score (nSPS) is 19.6. The summed E-state index contributed by atoms with van der Waals surface area (Å²) in [4.78, 5) is 53.8. The fraction of sp³-hybridized carbons (Fsp3) is 0.333. The summed E-state index contributed by atoms with van der Waals surface area (Å²) in [6.07, 6.45) is 3.04. The average Bonchev–Trinajstić information content (AvgIpc) is 3.18. The number of β-lactam (4-membered cyclic amide) rings is 1. The Hall–Kier alpha value is -3.20. The van der Waals surface area contributed by atoms with Crippen LogP contribution in [0.25, 0.3) is 0 Å². The predicted molar refractivity (Wildman–Crippen MR) is 134 cm³/mol. The first kappa shape index (κ1) is 25.9. The number of aromatic nitrogens is 2. The molecular weight excluding hydrogens is 530 g/mol. The van der Waals surface area contributed by atoms with Gasteiger partial charge >= 0.3 is 5.97 Å². The standard InChI is InChI=1S/C21H22ClN7O5S2/c1-34-28-15(14-17(22)36-21(24)27-14)18(30)26-13-10-4-5-12(16(20(32)33)29(10)19(13)31)35-11-3-2-8-25-9(11)6-7-23/h2-3,8,10,13H,4-7,23H2,1H3,(H2,24,27)(H,26,30)(H,32,33). The number of nitrogen functional groups attached to an aromatic ring is 1. The number of nitrogens with one attached hydrogen (secondary N) is 1. The molecule has 0 radical (unpaired) electrons. The molecule has 2 unspecified atom stereocenters. The number of thioether (sulfide) groups is 1. The van der Waals surface area contributed by atoms with E-state index in [4.69, 9.17) is 27.9 Å². The lowest BCUT2D eigenvalue weighted by Crippen LogP contribution is -2.72. The van der Waals surface area contributed by atoms with Crippen molar-refractivity contribution in [2.45, 2.75) is 36.2 Å². The van der Waals surface area contributed by atoms with Crippen molar-refractivity contribution in [1.82, 2.24) is 20.2 Å². The van der Waals surface area contributed by atoms with Crippen LogP contribution in [-0.2, 0) is 25.6 Å². The van der Waals surface area contributed by atoms with Crippen LogP contribution in [-0.4, -0.2) is 69.2 Å². The summed E-state index contributed by atoms with van der Waals surface area (Å²) >= 11 is 8.34. The van der Waals surface area contributed by atoms with Gasteiger partial charge < -0.3 is 26.7 Å². The fourth-order valence-corrected chi connectivity index (χ4v) is 6.17. The quantitative estimate of drug-likeness (QED) is 0.200. The van der Waals surface area contributed by atoms with E-state index in [0.717, 1.165) is 21.9 Å². The number of hydrogen-bond donors (Lipinski definition) is 4. The van der Waals surface area contributed by atoms with Gasteiger partial charge in [-0.15, -0.1) is 0 Å². The van der Waals surface area contributed by atoms with Crippen LogP contribution in [0, 0.1) is 0 Å². The maximum absolute atomic E-state index is 13.0. The minimum absolute atomic E-state index is 0.0281. The van der Waals surface area contributed by atoms with Crippen LogP contribution in [0.15, 0.2) is 39.0 Å². The van der Waals surface area contributed by atoms with Crippen LogP contribution < -0.4 is 16.8 Å². The number of carboxylic acids is 1. The molecule has 2 aromatic heterocycles. The van der Waals surface area contributed by atoms with E-state index in [1.807, 2.05) is 6.07 Å². The first-order valence-corrected chi connectivity index (χ1v) is 12.7. The summed E-state index contributed by atoms with van der Waals surface area (Å²) < 4.78 is 0.139. The second kappa shape index (κ2) is 10.8. The van der Waals surface area contributed by atoms with E-state index in [9.17, 15) is 19.5 Å². The molecule has 0 saturated carbocycles. The number of allylic oxidation sites excluding steroid dienone is 1. The monoisotopic (exact) mass is 551 g/mol. The van der Waals surface area contributed by atoms with Crippen LogP contribution in [0.4, 0.5) is 5.13 Å². The van der Waals surface area contributed by atoms with Crippen molar-refractivity contribution in [2.24, 2.45) is 10.9 Å². The third kappa shape index (κ3) is 4.89. The van der Waals surface area contributed by atoms with Crippen molar-refractivity contribution in [1.29, 1.82) is 0 Å². The minimum atomic E-state index is -1.23. The van der Waals surface area contributed by atoms with Crippen molar-refractivity contribution >= 4 is 63.3 Å². The van der Waals surface area contributed by atoms with Gasteiger partial charge in [-0.05, 0) is 31.5 Å². The Morgan fingerprint density at radius 3 is 2.89 bits per heavy atom. The zero-order valence-corrected chi connectivity index (χ0v) is 21.3. The van der Waals surface area contributed by atoms with Crippen molar-refractivity contribution in [2.75, 3.05) is 19.4 Å². The van der Waals surface area contributed by atoms with Crippen molar-refractivity contribution < 1.29 is 24.3 Å². The maximum atomic E-state index is 13.0. The highest BCUT2D eigenvalue weighted by Crippen LogP contribution is 2.43. The van der Waals surface area contributed by atoms with E-state index in [2.05, 4.69) is 20.4 Å². The number of anilines is 1. The lowest BCUT2D eigenvalue weighted by atomic mass is 9.86. The van der Waals surface area contributed by atoms with Gasteiger partial charge in [0.15, 0.2) is 10.8 Å². The molecule has 2 aromatic rings.